The normalized spacial score (nSPS) is 12.2. The summed E-state index contributed by atoms with van der Waals surface area (Å²) in [6.45, 7) is 11.0. The molecule has 7 heteroatoms. The van der Waals surface area contributed by atoms with Gasteiger partial charge in [0, 0.05) is 22.8 Å². The summed E-state index contributed by atoms with van der Waals surface area (Å²) in [6.07, 6.45) is 1.71. The molecule has 0 saturated carbocycles. The van der Waals surface area contributed by atoms with Crippen LogP contribution in [0.2, 0.25) is 23.2 Å². The molecule has 0 spiro atoms. The molecule has 0 N–H and O–H groups in total. The largest absolute Gasteiger partial charge is 0.541 e. The minimum Gasteiger partial charge on any atom is -0.541 e. The predicted octanol–water partition coefficient (Wildman–Crippen LogP) is 7.30. The monoisotopic (exact) mass is 481 g/mol. The molecule has 0 aliphatic heterocycles. The third-order valence-corrected chi connectivity index (χ3v) is 10.9. The lowest BCUT2D eigenvalue weighted by molar-refractivity contribution is 0.385. The molecular formula is C26H28ClNO4Si. The van der Waals surface area contributed by atoms with Crippen molar-refractivity contribution in [2.24, 2.45) is 0 Å². The summed E-state index contributed by atoms with van der Waals surface area (Å²) in [4.78, 5) is 13.3. The molecule has 0 amide bonds. The predicted molar refractivity (Wildman–Crippen MR) is 137 cm³/mol. The van der Waals surface area contributed by atoms with E-state index in [9.17, 15) is 4.79 Å². The fourth-order valence-electron chi connectivity index (χ4n) is 3.31. The van der Waals surface area contributed by atoms with Crippen molar-refractivity contribution in [1.82, 2.24) is 4.57 Å². The average Bonchev–Trinajstić information content (AvgIpc) is 3.19. The van der Waals surface area contributed by atoms with Gasteiger partial charge in [0.1, 0.15) is 17.1 Å². The highest BCUT2D eigenvalue weighted by Crippen LogP contribution is 2.40. The number of hydrogen-bond acceptors (Lipinski definition) is 4. The molecule has 0 aliphatic rings. The van der Waals surface area contributed by atoms with Crippen LogP contribution >= 0.6 is 11.6 Å². The van der Waals surface area contributed by atoms with Crippen LogP contribution in [0.5, 0.6) is 11.5 Å². The van der Waals surface area contributed by atoms with E-state index in [4.69, 9.17) is 25.2 Å². The highest BCUT2D eigenvalue weighted by atomic mass is 35.5. The fourth-order valence-corrected chi connectivity index (χ4v) is 4.46. The number of benzene rings is 2. The first-order chi connectivity index (χ1) is 15.5. The number of methoxy groups -OCH3 is 1. The van der Waals surface area contributed by atoms with Crippen LogP contribution in [0.3, 0.4) is 0 Å². The molecule has 5 nitrogen and oxygen atoms in total. The van der Waals surface area contributed by atoms with Gasteiger partial charge < -0.3 is 13.6 Å². The Morgan fingerprint density at radius 1 is 0.970 bits per heavy atom. The van der Waals surface area contributed by atoms with E-state index in [1.807, 2.05) is 30.3 Å². The topological polar surface area (TPSA) is 53.6 Å². The number of hydrogen-bond donors (Lipinski definition) is 0. The fraction of sp³-hybridized carbons (Fsp3) is 0.269. The smallest absolute Gasteiger partial charge is 0.266 e. The van der Waals surface area contributed by atoms with Gasteiger partial charge in [-0.2, -0.15) is 0 Å². The summed E-state index contributed by atoms with van der Waals surface area (Å²) in [6, 6.07) is 16.5. The third-order valence-electron chi connectivity index (χ3n) is 6.31. The highest BCUT2D eigenvalue weighted by Gasteiger charge is 2.39. The van der Waals surface area contributed by atoms with E-state index in [0.29, 0.717) is 38.9 Å². The Morgan fingerprint density at radius 3 is 2.30 bits per heavy atom. The van der Waals surface area contributed by atoms with Crippen LogP contribution in [0, 0.1) is 0 Å². The minimum atomic E-state index is -2.04. The molecule has 0 atom stereocenters. The van der Waals surface area contributed by atoms with E-state index in [2.05, 4.69) is 33.9 Å². The molecule has 0 fully saturated rings. The Morgan fingerprint density at radius 2 is 1.67 bits per heavy atom. The van der Waals surface area contributed by atoms with Crippen LogP contribution < -0.4 is 14.7 Å². The molecule has 4 rings (SSSR count). The summed E-state index contributed by atoms with van der Waals surface area (Å²) in [5, 5.41) is 1.21. The minimum absolute atomic E-state index is 0.0573. The van der Waals surface area contributed by atoms with Gasteiger partial charge in [-0.05, 0) is 66.7 Å². The zero-order chi connectivity index (χ0) is 24.0. The van der Waals surface area contributed by atoms with Gasteiger partial charge in [-0.3, -0.25) is 9.36 Å². The van der Waals surface area contributed by atoms with Gasteiger partial charge in [-0.25, -0.2) is 0 Å². The summed E-state index contributed by atoms with van der Waals surface area (Å²) >= 11 is 5.98. The van der Waals surface area contributed by atoms with Crippen molar-refractivity contribution in [2.75, 3.05) is 7.11 Å². The van der Waals surface area contributed by atoms with Gasteiger partial charge in [0.05, 0.1) is 18.2 Å². The maximum atomic E-state index is 13.3. The Labute approximate surface area is 199 Å². The molecule has 0 aliphatic carbocycles. The number of furan rings is 1. The lowest BCUT2D eigenvalue weighted by Crippen LogP contribution is -2.43. The second kappa shape index (κ2) is 8.43. The van der Waals surface area contributed by atoms with E-state index in [1.54, 1.807) is 42.1 Å². The number of nitrogens with zero attached hydrogens (tertiary/aromatic N) is 1. The standard InChI is InChI=1S/C26H28ClNO4Si/c1-26(2,3)33(5,6)32-22-12-11-19(15-24(22)30-4)28-14-13-21-20(25(28)29)16-23(31-21)17-7-9-18(27)10-8-17/h7-16H,1-6H3. The summed E-state index contributed by atoms with van der Waals surface area (Å²) in [7, 11) is -0.430. The molecule has 2 heterocycles. The highest BCUT2D eigenvalue weighted by molar-refractivity contribution is 6.74. The zero-order valence-corrected chi connectivity index (χ0v) is 21.5. The Hall–Kier alpha value is -2.96. The van der Waals surface area contributed by atoms with E-state index >= 15 is 0 Å². The van der Waals surface area contributed by atoms with Crippen LogP contribution in [-0.2, 0) is 0 Å². The van der Waals surface area contributed by atoms with Crippen molar-refractivity contribution < 1.29 is 13.6 Å². The van der Waals surface area contributed by atoms with E-state index in [1.165, 1.54) is 0 Å². The van der Waals surface area contributed by atoms with Crippen LogP contribution in [0.1, 0.15) is 20.8 Å². The molecular weight excluding hydrogens is 454 g/mol. The molecule has 2 aromatic heterocycles. The van der Waals surface area contributed by atoms with Gasteiger partial charge in [0.15, 0.2) is 5.75 Å². The number of rotatable bonds is 5. The van der Waals surface area contributed by atoms with Crippen LogP contribution in [0.4, 0.5) is 0 Å². The van der Waals surface area contributed by atoms with Gasteiger partial charge in [0.2, 0.25) is 0 Å². The molecule has 0 saturated heterocycles. The first-order valence-corrected chi connectivity index (χ1v) is 14.1. The second-order valence-corrected chi connectivity index (χ2v) is 14.7. The van der Waals surface area contributed by atoms with Crippen LogP contribution in [0.25, 0.3) is 28.0 Å². The van der Waals surface area contributed by atoms with E-state index in [0.717, 1.165) is 5.56 Å². The number of aromatic nitrogens is 1. The van der Waals surface area contributed by atoms with Gasteiger partial charge >= 0.3 is 0 Å². The van der Waals surface area contributed by atoms with Crippen molar-refractivity contribution in [3.8, 4) is 28.5 Å². The summed E-state index contributed by atoms with van der Waals surface area (Å²) < 4.78 is 19.6. The lowest BCUT2D eigenvalue weighted by atomic mass is 10.1. The molecule has 0 unspecified atom stereocenters. The molecule has 172 valence electrons. The molecule has 33 heavy (non-hydrogen) atoms. The first-order valence-electron chi connectivity index (χ1n) is 10.8. The summed E-state index contributed by atoms with van der Waals surface area (Å²) in [5.41, 5.74) is 1.91. The third kappa shape index (κ3) is 4.45. The number of ether oxygens (including phenoxy) is 1. The van der Waals surface area contributed by atoms with Crippen molar-refractivity contribution in [3.05, 3.63) is 76.2 Å². The van der Waals surface area contributed by atoms with Gasteiger partial charge in [-0.1, -0.05) is 32.4 Å². The Kier molecular flexibility index (Phi) is 5.93. The Balaban J connectivity index is 1.73. The SMILES string of the molecule is COc1cc(-n2ccc3oc(-c4ccc(Cl)cc4)cc3c2=O)ccc1O[Si](C)(C)C(C)(C)C. The second-order valence-electron chi connectivity index (χ2n) is 9.58. The average molecular weight is 482 g/mol. The van der Waals surface area contributed by atoms with Crippen molar-refractivity contribution >= 4 is 30.9 Å². The lowest BCUT2D eigenvalue weighted by Gasteiger charge is -2.36. The van der Waals surface area contributed by atoms with Gasteiger partial charge in [0.25, 0.3) is 13.9 Å². The quantitative estimate of drug-likeness (QED) is 0.281. The molecule has 4 aromatic rings. The van der Waals surface area contributed by atoms with E-state index in [-0.39, 0.29) is 10.6 Å². The molecule has 2 aromatic carbocycles. The van der Waals surface area contributed by atoms with E-state index < -0.39 is 8.32 Å². The van der Waals surface area contributed by atoms with Crippen LogP contribution in [-0.4, -0.2) is 20.0 Å². The van der Waals surface area contributed by atoms with Crippen molar-refractivity contribution in [2.45, 2.75) is 38.9 Å². The van der Waals surface area contributed by atoms with Crippen LogP contribution in [0.15, 0.2) is 70.0 Å². The zero-order valence-electron chi connectivity index (χ0n) is 19.7. The molecule has 0 radical (unpaired) electrons. The Bertz CT molecular complexity index is 1360. The van der Waals surface area contributed by atoms with Crippen molar-refractivity contribution in [1.29, 1.82) is 0 Å². The van der Waals surface area contributed by atoms with Crippen molar-refractivity contribution in [3.63, 3.8) is 0 Å². The number of halogens is 1. The number of pyridine rings is 1. The maximum Gasteiger partial charge on any atom is 0.266 e. The first kappa shape index (κ1) is 23.2. The molecule has 0 bridgehead atoms. The number of fused-ring (bicyclic) bond motifs is 1. The maximum absolute atomic E-state index is 13.3. The van der Waals surface area contributed by atoms with Gasteiger partial charge in [-0.15, -0.1) is 0 Å². The summed E-state index contributed by atoms with van der Waals surface area (Å²) in [5.74, 6) is 1.90.